The van der Waals surface area contributed by atoms with Gasteiger partial charge in [-0.2, -0.15) is 0 Å². The minimum absolute atomic E-state index is 0. The number of aliphatic hydroxyl groups excluding tert-OH is 4. The molecule has 0 heterocycles. The van der Waals surface area contributed by atoms with Gasteiger partial charge in [-0.25, -0.2) is 0 Å². The molecule has 0 saturated carbocycles. The second kappa shape index (κ2) is 51.5. The molecule has 24 nitrogen and oxygen atoms in total. The van der Waals surface area contributed by atoms with E-state index in [9.17, 15) is 56.1 Å². The summed E-state index contributed by atoms with van der Waals surface area (Å²) >= 11 is 0. The van der Waals surface area contributed by atoms with Gasteiger partial charge in [-0.1, -0.05) is 0 Å². The maximum absolute atomic E-state index is 10.2. The minimum atomic E-state index is -3.15. The first-order valence-electron chi connectivity index (χ1n) is 8.80. The topological polar surface area (TPSA) is 384 Å². The summed E-state index contributed by atoms with van der Waals surface area (Å²) in [6.45, 7) is -2.17. The average molecular weight is 840 g/mol. The fraction of sp³-hybridized carbons (Fsp3) is 1.00. The van der Waals surface area contributed by atoms with Crippen molar-refractivity contribution in [3.63, 3.8) is 0 Å². The Morgan fingerprint density at radius 3 is 0.591 bits per heavy atom. The van der Waals surface area contributed by atoms with Gasteiger partial charge in [0.2, 0.25) is 0 Å². The molecule has 8 atom stereocenters. The fourth-order valence-electron chi connectivity index (χ4n) is 0.773. The summed E-state index contributed by atoms with van der Waals surface area (Å²) in [6, 6.07) is 0. The molecule has 0 aromatic rings. The maximum Gasteiger partial charge on any atom is 1.00 e. The van der Waals surface area contributed by atoms with E-state index < -0.39 is 66.0 Å². The van der Waals surface area contributed by atoms with Gasteiger partial charge in [0.25, 0.3) is 0 Å². The number of aliphatic hydroxyl groups is 4. The molecule has 0 saturated heterocycles. The van der Waals surface area contributed by atoms with Crippen molar-refractivity contribution in [2.75, 3.05) is 52.9 Å². The third kappa shape index (κ3) is 72.0. The zero-order valence-corrected chi connectivity index (χ0v) is 38.3. The van der Waals surface area contributed by atoms with Gasteiger partial charge in [0.05, 0.1) is 26.4 Å². The Morgan fingerprint density at radius 2 is 0.500 bits per heavy atom. The SMILES string of the molecule is O=[P+]([O-])O[P+](=O)OCCO.O=[P+]([O-])O[P+](=O)OCCO.O=[P+]([O-])O[P+](=O)OCCO.O=[P+]([O-])O[P+](=O)OCCO.[Na+].[Na+].[Na+].[Na+]. The molecule has 8 unspecified atom stereocenters. The van der Waals surface area contributed by atoms with Crippen LogP contribution in [0, 0.1) is 0 Å². The summed E-state index contributed by atoms with van der Waals surface area (Å²) in [5.74, 6) is 0. The van der Waals surface area contributed by atoms with Crippen molar-refractivity contribution in [3.8, 4) is 0 Å². The Bertz CT molecular complexity index is 682. The van der Waals surface area contributed by atoms with E-state index in [1.54, 1.807) is 0 Å². The Labute approximate surface area is 344 Å². The van der Waals surface area contributed by atoms with E-state index in [-0.39, 0.29) is 171 Å². The number of hydrogen-bond acceptors (Lipinski definition) is 24. The molecule has 0 aliphatic rings. The van der Waals surface area contributed by atoms with Crippen molar-refractivity contribution >= 4 is 66.0 Å². The summed E-state index contributed by atoms with van der Waals surface area (Å²) < 4.78 is 111. The summed E-state index contributed by atoms with van der Waals surface area (Å²) in [6.07, 6.45) is 0. The summed E-state index contributed by atoms with van der Waals surface area (Å²) in [5, 5.41) is 32.4. The van der Waals surface area contributed by atoms with Gasteiger partial charge < -0.3 is 40.0 Å². The minimum Gasteiger partial charge on any atom is -0.563 e. The normalized spacial score (nSPS) is 11.8. The maximum atomic E-state index is 10.2. The molecule has 44 heavy (non-hydrogen) atoms. The third-order valence-corrected chi connectivity index (χ3v) is 7.53. The molecule has 0 spiro atoms. The van der Waals surface area contributed by atoms with Crippen LogP contribution in [0.25, 0.3) is 0 Å². The molecule has 0 aromatic heterocycles. The number of rotatable bonds is 20. The van der Waals surface area contributed by atoms with Gasteiger partial charge in [-0.3, -0.25) is 0 Å². The van der Waals surface area contributed by atoms with Crippen LogP contribution in [-0.4, -0.2) is 73.3 Å². The second-order valence-electron chi connectivity index (χ2n) is 4.34. The largest absolute Gasteiger partial charge is 1.00 e. The Balaban J connectivity index is -0.0000000635. The molecule has 36 heteroatoms. The van der Waals surface area contributed by atoms with E-state index in [2.05, 4.69) is 35.3 Å². The van der Waals surface area contributed by atoms with Crippen LogP contribution in [0.1, 0.15) is 0 Å². The first-order chi connectivity index (χ1) is 18.7. The van der Waals surface area contributed by atoms with Crippen LogP contribution >= 0.6 is 66.0 Å². The number of hydrogen-bond donors (Lipinski definition) is 4. The standard InChI is InChI=1S/4C2H5O6P2.4Na/c4*3-1-2-7-10(6)8-9(4)5;;;;/h4*3H,1-2H2;;;;/q8*+1. The van der Waals surface area contributed by atoms with Gasteiger partial charge in [0, 0.05) is 18.3 Å². The van der Waals surface area contributed by atoms with Crippen molar-refractivity contribution in [3.05, 3.63) is 0 Å². The second-order valence-corrected chi connectivity index (χ2v) is 11.6. The molecule has 4 N–H and O–H groups in total. The first kappa shape index (κ1) is 66.4. The predicted molar refractivity (Wildman–Crippen MR) is 117 cm³/mol. The van der Waals surface area contributed by atoms with Crippen LogP contribution in [0.4, 0.5) is 0 Å². The van der Waals surface area contributed by atoms with E-state index >= 15 is 0 Å². The summed E-state index contributed by atoms with van der Waals surface area (Å²) in [4.78, 5) is 38.6. The molecule has 0 amide bonds. The summed E-state index contributed by atoms with van der Waals surface area (Å²) in [5.41, 5.74) is 0. The molecule has 0 aromatic carbocycles. The molecule has 0 radical (unpaired) electrons. The molecule has 232 valence electrons. The first-order valence-corrected chi connectivity index (χ1v) is 17.6. The van der Waals surface area contributed by atoms with Gasteiger partial charge in [0.1, 0.15) is 43.7 Å². The summed E-state index contributed by atoms with van der Waals surface area (Å²) in [7, 11) is -23.1. The van der Waals surface area contributed by atoms with E-state index in [0.29, 0.717) is 0 Å². The van der Waals surface area contributed by atoms with Gasteiger partial charge in [-0.15, -0.1) is 18.1 Å². The quantitative estimate of drug-likeness (QED) is 0.0653. The molecular formula is C8H20Na4O24P8+8. The average Bonchev–Trinajstić information content (AvgIpc) is 2.83. The van der Waals surface area contributed by atoms with Crippen LogP contribution in [0.2, 0.25) is 0 Å². The molecular weight excluding hydrogens is 820 g/mol. The van der Waals surface area contributed by atoms with Gasteiger partial charge in [-0.05, 0) is 18.3 Å². The third-order valence-electron chi connectivity index (χ3n) is 1.69. The molecule has 0 rings (SSSR count). The van der Waals surface area contributed by atoms with Crippen LogP contribution in [-0.2, 0) is 71.9 Å². The van der Waals surface area contributed by atoms with Crippen LogP contribution in [0.15, 0.2) is 0 Å². The van der Waals surface area contributed by atoms with E-state index in [1.165, 1.54) is 0 Å². The van der Waals surface area contributed by atoms with Crippen LogP contribution < -0.4 is 138 Å². The Kier molecular flexibility index (Phi) is 77.8. The van der Waals surface area contributed by atoms with E-state index in [4.69, 9.17) is 20.4 Å². The van der Waals surface area contributed by atoms with Gasteiger partial charge in [0.15, 0.2) is 0 Å². The van der Waals surface area contributed by atoms with Crippen molar-refractivity contribution in [2.45, 2.75) is 0 Å². The monoisotopic (exact) mass is 840 g/mol. The Morgan fingerprint density at radius 1 is 0.364 bits per heavy atom. The van der Waals surface area contributed by atoms with Crippen LogP contribution in [0.5, 0.6) is 0 Å². The van der Waals surface area contributed by atoms with Crippen LogP contribution in [0.3, 0.4) is 0 Å². The predicted octanol–water partition coefficient (Wildman–Crippen LogP) is -13.2. The zero-order chi connectivity index (χ0) is 31.9. The van der Waals surface area contributed by atoms with E-state index in [0.717, 1.165) is 0 Å². The van der Waals surface area contributed by atoms with Crippen molar-refractivity contribution < 1.29 is 230 Å². The smallest absolute Gasteiger partial charge is 0.563 e. The fourth-order valence-corrected chi connectivity index (χ4v) is 4.19. The molecule has 0 fully saturated rings. The zero-order valence-electron chi connectivity index (χ0n) is 23.2. The van der Waals surface area contributed by atoms with Crippen molar-refractivity contribution in [1.29, 1.82) is 0 Å². The molecule has 0 aliphatic carbocycles. The van der Waals surface area contributed by atoms with Gasteiger partial charge >= 0.3 is 184 Å². The van der Waals surface area contributed by atoms with E-state index in [1.807, 2.05) is 0 Å². The molecule has 0 aliphatic heterocycles. The molecule has 0 bridgehead atoms. The Hall–Kier alpha value is 4.16. The van der Waals surface area contributed by atoms with Crippen molar-refractivity contribution in [2.24, 2.45) is 0 Å². The van der Waals surface area contributed by atoms with Crippen molar-refractivity contribution in [1.82, 2.24) is 0 Å².